The number of aromatic nitrogens is 4. The van der Waals surface area contributed by atoms with Crippen molar-refractivity contribution in [1.82, 2.24) is 24.9 Å². The van der Waals surface area contributed by atoms with Gasteiger partial charge < -0.3 is 15.1 Å². The molecule has 13 heteroatoms. The quantitative estimate of drug-likeness (QED) is 0.542. The summed E-state index contributed by atoms with van der Waals surface area (Å²) in [5.74, 6) is -0.554. The van der Waals surface area contributed by atoms with E-state index in [9.17, 15) is 28.2 Å². The third-order valence-electron chi connectivity index (χ3n) is 5.63. The van der Waals surface area contributed by atoms with Crippen molar-refractivity contribution in [2.75, 3.05) is 13.1 Å². The van der Waals surface area contributed by atoms with Gasteiger partial charge in [0.1, 0.15) is 10.8 Å². The van der Waals surface area contributed by atoms with Gasteiger partial charge in [-0.1, -0.05) is 34.5 Å². The van der Waals surface area contributed by atoms with Crippen LogP contribution in [0, 0.1) is 5.92 Å². The minimum absolute atomic E-state index is 0.0426. The Labute approximate surface area is 189 Å². The predicted molar refractivity (Wildman–Crippen MR) is 109 cm³/mol. The molecule has 4 rings (SSSR count). The normalized spacial score (nSPS) is 16.8. The van der Waals surface area contributed by atoms with Crippen molar-refractivity contribution in [1.29, 1.82) is 0 Å². The minimum Gasteiger partial charge on any atom is -0.465 e. The van der Waals surface area contributed by atoms with Crippen molar-refractivity contribution in [3.05, 3.63) is 51.4 Å². The lowest BCUT2D eigenvalue weighted by Gasteiger charge is -2.46. The number of amides is 1. The van der Waals surface area contributed by atoms with Crippen molar-refractivity contribution < 1.29 is 28.2 Å². The van der Waals surface area contributed by atoms with E-state index in [0.29, 0.717) is 5.69 Å². The van der Waals surface area contributed by atoms with Crippen LogP contribution in [0.5, 0.6) is 0 Å². The number of hydrogen-bond donors (Lipinski definition) is 2. The molecule has 0 bridgehead atoms. The molecule has 8 nitrogen and oxygen atoms in total. The second-order valence-electron chi connectivity index (χ2n) is 7.61. The molecule has 1 aromatic carbocycles. The van der Waals surface area contributed by atoms with Gasteiger partial charge in [-0.15, -0.1) is 5.10 Å². The standard InChI is InChI=1S/C19H16Cl2F3N5O3/c1-28-14(6-25-27-28)19(32,10-7-29(8-10)17(30)31)9-2-3-13-11(4-9)15(20)12(16(21)26-13)5-18(22,23)24/h2-4,6,10,32H,5,7-8H2,1H3,(H,30,31). The Bertz CT molecular complexity index is 1210. The van der Waals surface area contributed by atoms with Crippen LogP contribution in [0.25, 0.3) is 10.9 Å². The van der Waals surface area contributed by atoms with E-state index >= 15 is 0 Å². The molecule has 1 fully saturated rings. The number of carboxylic acid groups (broad SMARTS) is 1. The van der Waals surface area contributed by atoms with Gasteiger partial charge in [0.25, 0.3) is 0 Å². The first-order valence-corrected chi connectivity index (χ1v) is 10.1. The van der Waals surface area contributed by atoms with Crippen LogP contribution in [0.1, 0.15) is 16.8 Å². The molecular weight excluding hydrogens is 474 g/mol. The first-order valence-electron chi connectivity index (χ1n) is 9.32. The number of pyridine rings is 1. The van der Waals surface area contributed by atoms with Gasteiger partial charge in [-0.3, -0.25) is 0 Å². The number of hydrogen-bond acceptors (Lipinski definition) is 5. The molecule has 2 aromatic heterocycles. The highest BCUT2D eigenvalue weighted by Crippen LogP contribution is 2.43. The Hall–Kier alpha value is -2.63. The van der Waals surface area contributed by atoms with Crippen LogP contribution in [0.4, 0.5) is 18.0 Å². The predicted octanol–water partition coefficient (Wildman–Crippen LogP) is 3.62. The van der Waals surface area contributed by atoms with Crippen molar-refractivity contribution >= 4 is 40.2 Å². The molecule has 32 heavy (non-hydrogen) atoms. The number of benzene rings is 1. The van der Waals surface area contributed by atoms with Crippen molar-refractivity contribution in [3.8, 4) is 0 Å². The zero-order valence-corrected chi connectivity index (χ0v) is 17.9. The summed E-state index contributed by atoms with van der Waals surface area (Å²) in [6.45, 7) is 0.0853. The Morgan fingerprint density at radius 3 is 2.53 bits per heavy atom. The lowest BCUT2D eigenvalue weighted by Crippen LogP contribution is -2.58. The average Bonchev–Trinajstić information content (AvgIpc) is 3.09. The summed E-state index contributed by atoms with van der Waals surface area (Å²) in [6.07, 6.45) is -5.67. The van der Waals surface area contributed by atoms with Crippen LogP contribution in [0.3, 0.4) is 0 Å². The third kappa shape index (κ3) is 3.74. The van der Waals surface area contributed by atoms with Gasteiger partial charge in [0.15, 0.2) is 0 Å². The van der Waals surface area contributed by atoms with Crippen LogP contribution in [-0.4, -0.2) is 60.4 Å². The largest absolute Gasteiger partial charge is 0.465 e. The van der Waals surface area contributed by atoms with E-state index in [1.807, 2.05) is 0 Å². The fourth-order valence-electron chi connectivity index (χ4n) is 3.95. The molecular formula is C19H16Cl2F3N5O3. The molecule has 2 N–H and O–H groups in total. The maximum Gasteiger partial charge on any atom is 0.407 e. The van der Waals surface area contributed by atoms with E-state index in [-0.39, 0.29) is 45.3 Å². The lowest BCUT2D eigenvalue weighted by molar-refractivity contribution is -0.127. The van der Waals surface area contributed by atoms with E-state index in [1.165, 1.54) is 23.0 Å². The summed E-state index contributed by atoms with van der Waals surface area (Å²) in [5.41, 5.74) is -1.27. The van der Waals surface area contributed by atoms with E-state index in [0.717, 1.165) is 4.90 Å². The Morgan fingerprint density at radius 2 is 1.97 bits per heavy atom. The zero-order chi connectivity index (χ0) is 23.4. The van der Waals surface area contributed by atoms with E-state index in [1.54, 1.807) is 13.1 Å². The second-order valence-corrected chi connectivity index (χ2v) is 8.35. The van der Waals surface area contributed by atoms with Gasteiger partial charge >= 0.3 is 12.3 Å². The summed E-state index contributed by atoms with van der Waals surface area (Å²) < 4.78 is 40.4. The van der Waals surface area contributed by atoms with Crippen LogP contribution in [-0.2, 0) is 19.1 Å². The summed E-state index contributed by atoms with van der Waals surface area (Å²) >= 11 is 12.2. The third-order valence-corrected chi connectivity index (χ3v) is 6.38. The SMILES string of the molecule is Cn1nncc1C(O)(c1ccc2nc(Cl)c(CC(F)(F)F)c(Cl)c2c1)C1CN(C(=O)O)C1. The second kappa shape index (κ2) is 7.75. The molecule has 3 aromatic rings. The number of rotatable bonds is 4. The lowest BCUT2D eigenvalue weighted by atomic mass is 9.74. The van der Waals surface area contributed by atoms with Crippen LogP contribution >= 0.6 is 23.2 Å². The Morgan fingerprint density at radius 1 is 1.28 bits per heavy atom. The van der Waals surface area contributed by atoms with Gasteiger partial charge in [0.05, 0.1) is 28.9 Å². The number of alkyl halides is 3. The molecule has 0 aliphatic carbocycles. The molecule has 0 spiro atoms. The molecule has 1 amide bonds. The zero-order valence-electron chi connectivity index (χ0n) is 16.4. The van der Waals surface area contributed by atoms with E-state index in [2.05, 4.69) is 15.3 Å². The number of carbonyl (C=O) groups is 1. The first kappa shape index (κ1) is 22.6. The maximum atomic E-state index is 13.0. The summed E-state index contributed by atoms with van der Waals surface area (Å²) in [6, 6.07) is 4.47. The fourth-order valence-corrected chi connectivity index (χ4v) is 4.56. The molecule has 1 aliphatic rings. The van der Waals surface area contributed by atoms with Crippen LogP contribution in [0.2, 0.25) is 10.2 Å². The number of aryl methyl sites for hydroxylation is 1. The number of halogens is 5. The summed E-state index contributed by atoms with van der Waals surface area (Å²) in [4.78, 5) is 16.4. The van der Waals surface area contributed by atoms with Crippen LogP contribution < -0.4 is 0 Å². The topological polar surface area (TPSA) is 104 Å². The summed E-state index contributed by atoms with van der Waals surface area (Å²) in [5, 5.41) is 28.2. The van der Waals surface area contributed by atoms with Crippen LogP contribution in [0.15, 0.2) is 24.4 Å². The molecule has 0 radical (unpaired) electrons. The number of aliphatic hydroxyl groups is 1. The summed E-state index contributed by atoms with van der Waals surface area (Å²) in [7, 11) is 1.57. The molecule has 1 unspecified atom stereocenters. The van der Waals surface area contributed by atoms with Gasteiger partial charge in [0.2, 0.25) is 0 Å². The Balaban J connectivity index is 1.86. The van der Waals surface area contributed by atoms with Crippen molar-refractivity contribution in [2.45, 2.75) is 18.2 Å². The van der Waals surface area contributed by atoms with Gasteiger partial charge in [-0.2, -0.15) is 13.2 Å². The van der Waals surface area contributed by atoms with E-state index in [4.69, 9.17) is 23.2 Å². The first-order chi connectivity index (χ1) is 14.9. The maximum absolute atomic E-state index is 13.0. The molecule has 170 valence electrons. The highest BCUT2D eigenvalue weighted by Gasteiger charge is 2.50. The molecule has 1 saturated heterocycles. The number of nitrogens with zero attached hydrogens (tertiary/aromatic N) is 5. The number of fused-ring (bicyclic) bond motifs is 1. The monoisotopic (exact) mass is 489 g/mol. The highest BCUT2D eigenvalue weighted by atomic mass is 35.5. The van der Waals surface area contributed by atoms with Gasteiger partial charge in [-0.25, -0.2) is 14.5 Å². The minimum atomic E-state index is -4.55. The van der Waals surface area contributed by atoms with Gasteiger partial charge in [-0.05, 0) is 17.7 Å². The fraction of sp³-hybridized carbons (Fsp3) is 0.368. The van der Waals surface area contributed by atoms with E-state index < -0.39 is 30.2 Å². The Kier molecular flexibility index (Phi) is 5.46. The smallest absolute Gasteiger partial charge is 0.407 e. The molecule has 1 atom stereocenters. The number of likely N-dealkylation sites (tertiary alicyclic amines) is 1. The average molecular weight is 490 g/mol. The van der Waals surface area contributed by atoms with Crippen molar-refractivity contribution in [3.63, 3.8) is 0 Å². The highest BCUT2D eigenvalue weighted by molar-refractivity contribution is 6.39. The van der Waals surface area contributed by atoms with Crippen molar-refractivity contribution in [2.24, 2.45) is 13.0 Å². The molecule has 0 saturated carbocycles. The molecule has 1 aliphatic heterocycles. The van der Waals surface area contributed by atoms with Gasteiger partial charge in [0, 0.05) is 37.0 Å². The molecule has 3 heterocycles.